The van der Waals surface area contributed by atoms with Crippen molar-refractivity contribution in [2.24, 2.45) is 0 Å². The van der Waals surface area contributed by atoms with Gasteiger partial charge in [0.25, 0.3) is 0 Å². The van der Waals surface area contributed by atoms with Gasteiger partial charge < -0.3 is 15.7 Å². The predicted octanol–water partition coefficient (Wildman–Crippen LogP) is 1.33. The molecule has 0 aromatic heterocycles. The standard InChI is InChI=1S/C13H16N2O3/c1-14-8-7-12(16)15-11-4-2-3-10(9-11)5-6-13(17)18/h2-6,9,14H,7-8H2,1H3,(H,15,16)(H,17,18)/b6-5+. The molecule has 0 fully saturated rings. The van der Waals surface area contributed by atoms with Crippen molar-refractivity contribution >= 4 is 23.6 Å². The lowest BCUT2D eigenvalue weighted by atomic mass is 10.2. The van der Waals surface area contributed by atoms with Gasteiger partial charge in [0, 0.05) is 24.7 Å². The van der Waals surface area contributed by atoms with Gasteiger partial charge in [-0.05, 0) is 30.8 Å². The number of benzene rings is 1. The number of hydrogen-bond donors (Lipinski definition) is 3. The monoisotopic (exact) mass is 248 g/mol. The van der Waals surface area contributed by atoms with Crippen LogP contribution in [-0.4, -0.2) is 30.6 Å². The van der Waals surface area contributed by atoms with Crippen molar-refractivity contribution in [1.82, 2.24) is 5.32 Å². The zero-order valence-corrected chi connectivity index (χ0v) is 10.1. The summed E-state index contributed by atoms with van der Waals surface area (Å²) in [5.41, 5.74) is 1.38. The van der Waals surface area contributed by atoms with Gasteiger partial charge in [0.05, 0.1) is 0 Å². The highest BCUT2D eigenvalue weighted by Gasteiger charge is 2.01. The normalized spacial score (nSPS) is 10.5. The minimum Gasteiger partial charge on any atom is -0.478 e. The SMILES string of the molecule is CNCCC(=O)Nc1cccc(/C=C/C(=O)O)c1. The predicted molar refractivity (Wildman–Crippen MR) is 70.3 cm³/mol. The summed E-state index contributed by atoms with van der Waals surface area (Å²) < 4.78 is 0. The first-order chi connectivity index (χ1) is 8.61. The number of hydrogen-bond acceptors (Lipinski definition) is 3. The Morgan fingerprint density at radius 3 is 2.83 bits per heavy atom. The van der Waals surface area contributed by atoms with Crippen molar-refractivity contribution in [3.05, 3.63) is 35.9 Å². The summed E-state index contributed by atoms with van der Waals surface area (Å²) in [6.07, 6.45) is 2.93. The van der Waals surface area contributed by atoms with Crippen LogP contribution in [0.1, 0.15) is 12.0 Å². The van der Waals surface area contributed by atoms with Crippen LogP contribution in [0.25, 0.3) is 6.08 Å². The van der Waals surface area contributed by atoms with Gasteiger partial charge in [-0.25, -0.2) is 4.79 Å². The molecule has 0 atom stereocenters. The van der Waals surface area contributed by atoms with Crippen LogP contribution < -0.4 is 10.6 Å². The lowest BCUT2D eigenvalue weighted by Gasteiger charge is -2.05. The second kappa shape index (κ2) is 7.24. The lowest BCUT2D eigenvalue weighted by molar-refractivity contribution is -0.131. The van der Waals surface area contributed by atoms with Crippen molar-refractivity contribution in [3.8, 4) is 0 Å². The van der Waals surface area contributed by atoms with E-state index >= 15 is 0 Å². The van der Waals surface area contributed by atoms with Gasteiger partial charge in [0.2, 0.25) is 5.91 Å². The Bertz CT molecular complexity index is 455. The van der Waals surface area contributed by atoms with E-state index in [0.717, 1.165) is 11.6 Å². The van der Waals surface area contributed by atoms with Gasteiger partial charge >= 0.3 is 5.97 Å². The average Bonchev–Trinajstić information content (AvgIpc) is 2.34. The molecule has 5 nitrogen and oxygen atoms in total. The average molecular weight is 248 g/mol. The molecule has 0 spiro atoms. The van der Waals surface area contributed by atoms with Gasteiger partial charge in [-0.2, -0.15) is 0 Å². The molecule has 1 amide bonds. The summed E-state index contributed by atoms with van der Waals surface area (Å²) in [6, 6.07) is 7.00. The molecule has 0 bridgehead atoms. The first kappa shape index (κ1) is 13.9. The number of aliphatic carboxylic acids is 1. The number of anilines is 1. The largest absolute Gasteiger partial charge is 0.478 e. The molecule has 0 aliphatic rings. The molecular weight excluding hydrogens is 232 g/mol. The van der Waals surface area contributed by atoms with Gasteiger partial charge in [0.15, 0.2) is 0 Å². The second-order valence-electron chi connectivity index (χ2n) is 3.70. The topological polar surface area (TPSA) is 78.4 Å². The van der Waals surface area contributed by atoms with Gasteiger partial charge in [-0.3, -0.25) is 4.79 Å². The summed E-state index contributed by atoms with van der Waals surface area (Å²) >= 11 is 0. The molecule has 0 saturated carbocycles. The molecule has 0 unspecified atom stereocenters. The highest BCUT2D eigenvalue weighted by atomic mass is 16.4. The molecule has 1 aromatic rings. The van der Waals surface area contributed by atoms with E-state index in [-0.39, 0.29) is 5.91 Å². The maximum absolute atomic E-state index is 11.5. The summed E-state index contributed by atoms with van der Waals surface area (Å²) in [5.74, 6) is -1.08. The van der Waals surface area contributed by atoms with Crippen LogP contribution in [0.2, 0.25) is 0 Å². The highest BCUT2D eigenvalue weighted by molar-refractivity contribution is 5.91. The third-order valence-electron chi connectivity index (χ3n) is 2.19. The van der Waals surface area contributed by atoms with Crippen LogP contribution in [0.5, 0.6) is 0 Å². The fourth-order valence-electron chi connectivity index (χ4n) is 1.35. The molecule has 18 heavy (non-hydrogen) atoms. The third-order valence-corrected chi connectivity index (χ3v) is 2.19. The Hall–Kier alpha value is -2.14. The lowest BCUT2D eigenvalue weighted by Crippen LogP contribution is -2.18. The molecule has 0 aliphatic carbocycles. The molecule has 0 radical (unpaired) electrons. The van der Waals surface area contributed by atoms with E-state index in [0.29, 0.717) is 18.7 Å². The quantitative estimate of drug-likeness (QED) is 0.664. The fraction of sp³-hybridized carbons (Fsp3) is 0.231. The molecule has 1 aromatic carbocycles. The number of carboxylic acid groups (broad SMARTS) is 1. The number of carboxylic acids is 1. The molecule has 0 aliphatic heterocycles. The van der Waals surface area contributed by atoms with E-state index < -0.39 is 5.97 Å². The third kappa shape index (κ3) is 5.27. The molecule has 3 N–H and O–H groups in total. The van der Waals surface area contributed by atoms with Gasteiger partial charge in [-0.15, -0.1) is 0 Å². The molecule has 1 rings (SSSR count). The van der Waals surface area contributed by atoms with Crippen LogP contribution in [0.15, 0.2) is 30.3 Å². The molecule has 0 heterocycles. The van der Waals surface area contributed by atoms with E-state index in [1.807, 2.05) is 0 Å². The zero-order chi connectivity index (χ0) is 13.4. The summed E-state index contributed by atoms with van der Waals surface area (Å²) in [7, 11) is 1.78. The molecule has 0 saturated heterocycles. The highest BCUT2D eigenvalue weighted by Crippen LogP contribution is 2.12. The van der Waals surface area contributed by atoms with Crippen LogP contribution in [0, 0.1) is 0 Å². The van der Waals surface area contributed by atoms with Gasteiger partial charge in [-0.1, -0.05) is 12.1 Å². The van der Waals surface area contributed by atoms with Crippen molar-refractivity contribution in [2.75, 3.05) is 18.9 Å². The number of amides is 1. The number of nitrogens with one attached hydrogen (secondary N) is 2. The Balaban J connectivity index is 2.64. The van der Waals surface area contributed by atoms with Crippen LogP contribution in [0.3, 0.4) is 0 Å². The second-order valence-corrected chi connectivity index (χ2v) is 3.70. The first-order valence-corrected chi connectivity index (χ1v) is 5.57. The Labute approximate surface area is 106 Å². The van der Waals surface area contributed by atoms with Gasteiger partial charge in [0.1, 0.15) is 0 Å². The van der Waals surface area contributed by atoms with E-state index in [1.54, 1.807) is 31.3 Å². The summed E-state index contributed by atoms with van der Waals surface area (Å²) in [6.45, 7) is 0.616. The van der Waals surface area contributed by atoms with Crippen LogP contribution in [0.4, 0.5) is 5.69 Å². The summed E-state index contributed by atoms with van der Waals surface area (Å²) in [5, 5.41) is 14.2. The van der Waals surface area contributed by atoms with Crippen LogP contribution >= 0.6 is 0 Å². The van der Waals surface area contributed by atoms with Crippen LogP contribution in [-0.2, 0) is 9.59 Å². The zero-order valence-electron chi connectivity index (χ0n) is 10.1. The van der Waals surface area contributed by atoms with Crippen molar-refractivity contribution < 1.29 is 14.7 Å². The van der Waals surface area contributed by atoms with E-state index in [9.17, 15) is 9.59 Å². The van der Waals surface area contributed by atoms with Crippen molar-refractivity contribution in [1.29, 1.82) is 0 Å². The minimum atomic E-state index is -1.00. The van der Waals surface area contributed by atoms with E-state index in [2.05, 4.69) is 10.6 Å². The van der Waals surface area contributed by atoms with E-state index in [4.69, 9.17) is 5.11 Å². The maximum atomic E-state index is 11.5. The maximum Gasteiger partial charge on any atom is 0.328 e. The van der Waals surface area contributed by atoms with E-state index in [1.165, 1.54) is 6.08 Å². The Morgan fingerprint density at radius 1 is 1.39 bits per heavy atom. The molecular formula is C13H16N2O3. The number of carbonyl (C=O) groups is 2. The number of rotatable bonds is 6. The molecule has 5 heteroatoms. The Morgan fingerprint density at radius 2 is 2.17 bits per heavy atom. The first-order valence-electron chi connectivity index (χ1n) is 5.57. The minimum absolute atomic E-state index is 0.0799. The molecule has 96 valence electrons. The number of carbonyl (C=O) groups excluding carboxylic acids is 1. The Kier molecular flexibility index (Phi) is 5.60. The summed E-state index contributed by atoms with van der Waals surface area (Å²) in [4.78, 5) is 21.9. The van der Waals surface area contributed by atoms with Crippen molar-refractivity contribution in [2.45, 2.75) is 6.42 Å². The smallest absolute Gasteiger partial charge is 0.328 e. The fourth-order valence-corrected chi connectivity index (χ4v) is 1.35. The van der Waals surface area contributed by atoms with Crippen molar-refractivity contribution in [3.63, 3.8) is 0 Å².